The molecule has 1 unspecified atom stereocenters. The molecule has 0 aromatic rings. The minimum Gasteiger partial charge on any atom is -0.313 e. The first-order valence-electron chi connectivity index (χ1n) is 5.81. The van der Waals surface area contributed by atoms with Gasteiger partial charge in [0.15, 0.2) is 9.84 Å². The van der Waals surface area contributed by atoms with Crippen molar-refractivity contribution in [1.82, 2.24) is 5.32 Å². The van der Waals surface area contributed by atoms with E-state index in [-0.39, 0.29) is 23.3 Å². The molecular formula is C10H23NO4S2. The van der Waals surface area contributed by atoms with Gasteiger partial charge in [-0.1, -0.05) is 13.8 Å². The molecule has 1 atom stereocenters. The van der Waals surface area contributed by atoms with Gasteiger partial charge in [0, 0.05) is 12.3 Å². The summed E-state index contributed by atoms with van der Waals surface area (Å²) in [6.45, 7) is 4.71. The van der Waals surface area contributed by atoms with Gasteiger partial charge < -0.3 is 5.32 Å². The summed E-state index contributed by atoms with van der Waals surface area (Å²) in [5.41, 5.74) is 0. The van der Waals surface area contributed by atoms with E-state index >= 15 is 0 Å². The summed E-state index contributed by atoms with van der Waals surface area (Å²) in [4.78, 5) is 0. The van der Waals surface area contributed by atoms with Gasteiger partial charge in [-0.2, -0.15) is 0 Å². The molecule has 0 radical (unpaired) electrons. The van der Waals surface area contributed by atoms with Gasteiger partial charge in [0.05, 0.1) is 17.3 Å². The topological polar surface area (TPSA) is 80.3 Å². The first-order valence-corrected chi connectivity index (χ1v) is 9.70. The van der Waals surface area contributed by atoms with Crippen LogP contribution >= 0.6 is 0 Å². The highest BCUT2D eigenvalue weighted by molar-refractivity contribution is 7.94. The summed E-state index contributed by atoms with van der Waals surface area (Å²) in [5.74, 6) is -0.561. The Morgan fingerprint density at radius 3 is 2.06 bits per heavy atom. The van der Waals surface area contributed by atoms with Crippen LogP contribution in [0.3, 0.4) is 0 Å². The highest BCUT2D eigenvalue weighted by Gasteiger charge is 2.19. The largest absolute Gasteiger partial charge is 0.313 e. The van der Waals surface area contributed by atoms with E-state index in [1.165, 1.54) is 0 Å². The van der Waals surface area contributed by atoms with Crippen molar-refractivity contribution < 1.29 is 16.8 Å². The fourth-order valence-corrected chi connectivity index (χ4v) is 4.70. The number of rotatable bonds is 9. The average Bonchev–Trinajstić information content (AvgIpc) is 2.20. The maximum atomic E-state index is 11.7. The van der Waals surface area contributed by atoms with E-state index in [1.807, 2.05) is 13.8 Å². The Hall–Kier alpha value is -0.140. The van der Waals surface area contributed by atoms with Gasteiger partial charge in [0.25, 0.3) is 0 Å². The van der Waals surface area contributed by atoms with Gasteiger partial charge >= 0.3 is 0 Å². The molecule has 0 aliphatic carbocycles. The van der Waals surface area contributed by atoms with Crippen molar-refractivity contribution in [2.24, 2.45) is 0 Å². The number of hydrogen-bond donors (Lipinski definition) is 1. The number of sulfone groups is 2. The molecule has 1 N–H and O–H groups in total. The predicted molar refractivity (Wildman–Crippen MR) is 70.7 cm³/mol. The number of hydrogen-bond acceptors (Lipinski definition) is 5. The summed E-state index contributed by atoms with van der Waals surface area (Å²) in [6, 6.07) is -0.0838. The summed E-state index contributed by atoms with van der Waals surface area (Å²) in [5, 5.41) is 3.14. The van der Waals surface area contributed by atoms with Gasteiger partial charge in [-0.25, -0.2) is 16.8 Å². The molecule has 7 heteroatoms. The molecule has 0 aromatic heterocycles. The highest BCUT2D eigenvalue weighted by atomic mass is 32.2. The quantitative estimate of drug-likeness (QED) is 0.655. The average molecular weight is 285 g/mol. The molecule has 17 heavy (non-hydrogen) atoms. The Bertz CT molecular complexity index is 400. The summed E-state index contributed by atoms with van der Waals surface area (Å²) in [6.07, 6.45) is 2.72. The van der Waals surface area contributed by atoms with E-state index in [9.17, 15) is 16.8 Å². The molecular weight excluding hydrogens is 262 g/mol. The Kier molecular flexibility index (Phi) is 7.27. The van der Waals surface area contributed by atoms with Crippen molar-refractivity contribution in [2.45, 2.75) is 32.7 Å². The van der Waals surface area contributed by atoms with Crippen LogP contribution in [0.5, 0.6) is 0 Å². The molecule has 0 saturated carbocycles. The molecule has 0 aromatic carbocycles. The van der Waals surface area contributed by atoms with Crippen LogP contribution in [-0.2, 0) is 19.7 Å². The van der Waals surface area contributed by atoms with E-state index < -0.39 is 19.7 Å². The van der Waals surface area contributed by atoms with E-state index in [2.05, 4.69) is 5.32 Å². The molecule has 5 nitrogen and oxygen atoms in total. The smallest absolute Gasteiger partial charge is 0.152 e. The highest BCUT2D eigenvalue weighted by Crippen LogP contribution is 2.01. The fourth-order valence-electron chi connectivity index (χ4n) is 1.34. The maximum Gasteiger partial charge on any atom is 0.152 e. The Balaban J connectivity index is 4.31. The molecule has 0 saturated heterocycles. The van der Waals surface area contributed by atoms with E-state index in [0.29, 0.717) is 0 Å². The zero-order valence-corrected chi connectivity index (χ0v) is 12.4. The first kappa shape index (κ1) is 16.9. The van der Waals surface area contributed by atoms with Crippen LogP contribution in [0.25, 0.3) is 0 Å². The van der Waals surface area contributed by atoms with Gasteiger partial charge in [-0.05, 0) is 19.4 Å². The standard InChI is InChI=1S/C10H23NO4S2/c1-4-6-11-10(5-2)9-17(14,15)8-7-16(3,12)13/h10-11H,4-9H2,1-3H3. The molecule has 0 aliphatic heterocycles. The summed E-state index contributed by atoms with van der Waals surface area (Å²) in [7, 11) is -6.51. The predicted octanol–water partition coefficient (Wildman–Crippen LogP) is 0.224. The second-order valence-electron chi connectivity index (χ2n) is 4.30. The van der Waals surface area contributed by atoms with Crippen LogP contribution < -0.4 is 5.32 Å². The van der Waals surface area contributed by atoms with Gasteiger partial charge in [0.1, 0.15) is 9.84 Å². The van der Waals surface area contributed by atoms with E-state index in [4.69, 9.17) is 0 Å². The summed E-state index contributed by atoms with van der Waals surface area (Å²) < 4.78 is 45.3. The molecule has 0 bridgehead atoms. The van der Waals surface area contributed by atoms with Crippen LogP contribution in [0, 0.1) is 0 Å². The molecule has 0 amide bonds. The van der Waals surface area contributed by atoms with Gasteiger partial charge in [0.2, 0.25) is 0 Å². The number of nitrogens with one attached hydrogen (secondary N) is 1. The molecule has 0 fully saturated rings. The fraction of sp³-hybridized carbons (Fsp3) is 1.00. The van der Waals surface area contributed by atoms with Crippen LogP contribution in [0.15, 0.2) is 0 Å². The van der Waals surface area contributed by atoms with E-state index in [0.717, 1.165) is 25.6 Å². The minimum atomic E-state index is -3.30. The second kappa shape index (κ2) is 7.33. The lowest BCUT2D eigenvalue weighted by atomic mass is 10.2. The zero-order chi connectivity index (χ0) is 13.5. The van der Waals surface area contributed by atoms with Crippen molar-refractivity contribution in [2.75, 3.05) is 30.1 Å². The van der Waals surface area contributed by atoms with Crippen molar-refractivity contribution >= 4 is 19.7 Å². The lowest BCUT2D eigenvalue weighted by Gasteiger charge is -2.16. The third-order valence-corrected chi connectivity index (χ3v) is 5.34. The van der Waals surface area contributed by atoms with Crippen LogP contribution in [0.2, 0.25) is 0 Å². The van der Waals surface area contributed by atoms with E-state index in [1.54, 1.807) is 0 Å². The van der Waals surface area contributed by atoms with Crippen molar-refractivity contribution in [3.05, 3.63) is 0 Å². The minimum absolute atomic E-state index is 0.0129. The Morgan fingerprint density at radius 1 is 1.06 bits per heavy atom. The van der Waals surface area contributed by atoms with Gasteiger partial charge in [-0.15, -0.1) is 0 Å². The van der Waals surface area contributed by atoms with Crippen LogP contribution in [-0.4, -0.2) is 52.9 Å². The lowest BCUT2D eigenvalue weighted by molar-refractivity contribution is 0.520. The first-order chi connectivity index (χ1) is 7.70. The SMILES string of the molecule is CCCNC(CC)CS(=O)(=O)CCS(C)(=O)=O. The third-order valence-electron chi connectivity index (χ3n) is 2.40. The van der Waals surface area contributed by atoms with Crippen molar-refractivity contribution in [3.8, 4) is 0 Å². The molecule has 0 aliphatic rings. The lowest BCUT2D eigenvalue weighted by Crippen LogP contribution is -2.37. The zero-order valence-electron chi connectivity index (χ0n) is 10.8. The normalized spacial score (nSPS) is 14.8. The Morgan fingerprint density at radius 2 is 1.65 bits per heavy atom. The van der Waals surface area contributed by atoms with Crippen molar-refractivity contribution in [3.63, 3.8) is 0 Å². The van der Waals surface area contributed by atoms with Crippen LogP contribution in [0.4, 0.5) is 0 Å². The molecule has 104 valence electrons. The molecule has 0 spiro atoms. The van der Waals surface area contributed by atoms with Crippen LogP contribution in [0.1, 0.15) is 26.7 Å². The monoisotopic (exact) mass is 285 g/mol. The molecule has 0 rings (SSSR count). The van der Waals surface area contributed by atoms with Crippen molar-refractivity contribution in [1.29, 1.82) is 0 Å². The third kappa shape index (κ3) is 9.55. The summed E-state index contributed by atoms with van der Waals surface area (Å²) >= 11 is 0. The Labute approximate surface area is 105 Å². The second-order valence-corrected chi connectivity index (χ2v) is 8.79. The molecule has 0 heterocycles. The maximum absolute atomic E-state index is 11.7. The van der Waals surface area contributed by atoms with Gasteiger partial charge in [-0.3, -0.25) is 0 Å².